The smallest absolute Gasteiger partial charge is 0.242 e. The molecule has 1 N–H and O–H groups in total. The van der Waals surface area contributed by atoms with Gasteiger partial charge in [0.25, 0.3) is 0 Å². The first-order valence-corrected chi connectivity index (χ1v) is 9.41. The summed E-state index contributed by atoms with van der Waals surface area (Å²) in [5, 5.41) is 0. The number of para-hydroxylation sites is 1. The Morgan fingerprint density at radius 2 is 2.17 bits per heavy atom. The van der Waals surface area contributed by atoms with Crippen molar-refractivity contribution >= 4 is 15.7 Å². The molecule has 1 aliphatic rings. The molecule has 0 radical (unpaired) electrons. The van der Waals surface area contributed by atoms with Gasteiger partial charge >= 0.3 is 0 Å². The number of anilines is 1. The molecule has 1 unspecified atom stereocenters. The van der Waals surface area contributed by atoms with E-state index in [1.165, 1.54) is 0 Å². The van der Waals surface area contributed by atoms with E-state index in [1.54, 1.807) is 25.3 Å². The Balaban J connectivity index is 1.90. The summed E-state index contributed by atoms with van der Waals surface area (Å²) in [6, 6.07) is 7.54. The first-order valence-electron chi connectivity index (χ1n) is 7.93. The molecule has 7 heteroatoms. The topological polar surface area (TPSA) is 67.2 Å². The van der Waals surface area contributed by atoms with Gasteiger partial charge < -0.3 is 9.47 Å². The minimum absolute atomic E-state index is 0.321. The van der Waals surface area contributed by atoms with Gasteiger partial charge in [0.05, 0.1) is 18.1 Å². The normalized spacial score (nSPS) is 19.0. The van der Waals surface area contributed by atoms with Crippen molar-refractivity contribution in [1.29, 1.82) is 0 Å². The summed E-state index contributed by atoms with van der Waals surface area (Å²) in [5.41, 5.74) is 0.776. The van der Waals surface area contributed by atoms with E-state index < -0.39 is 10.0 Å². The maximum absolute atomic E-state index is 12.5. The Morgan fingerprint density at radius 3 is 2.91 bits per heavy atom. The van der Waals surface area contributed by atoms with Crippen LogP contribution in [0.25, 0.3) is 0 Å². The summed E-state index contributed by atoms with van der Waals surface area (Å²) >= 11 is 0. The van der Waals surface area contributed by atoms with E-state index in [0.29, 0.717) is 17.5 Å². The number of nitrogens with one attached hydrogen (secondary N) is 1. The Bertz CT molecular complexity index is 743. The van der Waals surface area contributed by atoms with Crippen LogP contribution in [-0.2, 0) is 10.0 Å². The molecule has 1 fully saturated rings. The fourth-order valence-corrected chi connectivity index (χ4v) is 4.38. The number of hydrogen-bond donors (Lipinski definition) is 1. The molecule has 2 aromatic rings. The molecule has 6 nitrogen and oxygen atoms in total. The van der Waals surface area contributed by atoms with Gasteiger partial charge in [-0.15, -0.1) is 0 Å². The summed E-state index contributed by atoms with van der Waals surface area (Å²) in [5.74, 6) is 0. The monoisotopic (exact) mass is 334 g/mol. The first-order chi connectivity index (χ1) is 11.1. The van der Waals surface area contributed by atoms with Crippen LogP contribution in [0.1, 0.15) is 25.8 Å². The summed E-state index contributed by atoms with van der Waals surface area (Å²) < 4.78 is 29.6. The predicted octanol–water partition coefficient (Wildman–Crippen LogP) is 2.02. The zero-order chi connectivity index (χ0) is 16.3. The number of benzene rings is 1. The minimum atomic E-state index is -3.47. The molecule has 3 rings (SSSR count). The molecule has 1 aromatic carbocycles. The highest BCUT2D eigenvalue weighted by Crippen LogP contribution is 2.30. The van der Waals surface area contributed by atoms with Crippen molar-refractivity contribution in [3.63, 3.8) is 0 Å². The van der Waals surface area contributed by atoms with Crippen LogP contribution in [0.3, 0.4) is 0 Å². The molecule has 0 bridgehead atoms. The molecule has 1 aromatic heterocycles. The Morgan fingerprint density at radius 1 is 1.35 bits per heavy atom. The number of imidazole rings is 1. The standard InChI is InChI=1S/C16H22N4O2S/c1-2-18-23(21,22)16-8-4-3-7-15(16)19-10-5-6-14(12-19)20-11-9-17-13-20/h3-4,7-9,11,13-14,18H,2,5-6,10,12H2,1H3. The van der Waals surface area contributed by atoms with E-state index in [9.17, 15) is 8.42 Å². The van der Waals surface area contributed by atoms with Gasteiger partial charge in [0, 0.05) is 32.0 Å². The molecule has 23 heavy (non-hydrogen) atoms. The molecular weight excluding hydrogens is 312 g/mol. The van der Waals surface area contributed by atoms with Crippen LogP contribution >= 0.6 is 0 Å². The third kappa shape index (κ3) is 3.40. The molecule has 0 saturated carbocycles. The van der Waals surface area contributed by atoms with Gasteiger partial charge in [0.2, 0.25) is 10.0 Å². The fourth-order valence-electron chi connectivity index (χ4n) is 3.12. The quantitative estimate of drug-likeness (QED) is 0.908. The lowest BCUT2D eigenvalue weighted by atomic mass is 10.0. The van der Waals surface area contributed by atoms with E-state index in [2.05, 4.69) is 19.2 Å². The van der Waals surface area contributed by atoms with Crippen molar-refractivity contribution < 1.29 is 8.42 Å². The molecule has 2 heterocycles. The average molecular weight is 334 g/mol. The molecule has 1 atom stereocenters. The average Bonchev–Trinajstić information content (AvgIpc) is 3.09. The molecule has 0 aliphatic carbocycles. The van der Waals surface area contributed by atoms with Crippen LogP contribution in [0.4, 0.5) is 5.69 Å². The third-order valence-electron chi connectivity index (χ3n) is 4.17. The van der Waals surface area contributed by atoms with Crippen LogP contribution in [0.15, 0.2) is 47.9 Å². The second-order valence-electron chi connectivity index (χ2n) is 5.72. The largest absolute Gasteiger partial charge is 0.368 e. The lowest BCUT2D eigenvalue weighted by molar-refractivity contribution is 0.404. The first kappa shape index (κ1) is 16.0. The number of hydrogen-bond acceptors (Lipinski definition) is 4. The Hall–Kier alpha value is -1.86. The van der Waals surface area contributed by atoms with Gasteiger partial charge in [-0.25, -0.2) is 18.1 Å². The number of sulfonamides is 1. The molecule has 1 aliphatic heterocycles. The van der Waals surface area contributed by atoms with Gasteiger partial charge in [-0.1, -0.05) is 19.1 Å². The van der Waals surface area contributed by atoms with Crippen molar-refractivity contribution in [3.05, 3.63) is 43.0 Å². The minimum Gasteiger partial charge on any atom is -0.368 e. The van der Waals surface area contributed by atoms with Gasteiger partial charge in [-0.3, -0.25) is 0 Å². The second kappa shape index (κ2) is 6.72. The second-order valence-corrected chi connectivity index (χ2v) is 7.46. The number of aromatic nitrogens is 2. The lowest BCUT2D eigenvalue weighted by Gasteiger charge is -2.35. The Labute approximate surface area is 137 Å². The van der Waals surface area contributed by atoms with Gasteiger partial charge in [0.15, 0.2) is 0 Å². The van der Waals surface area contributed by atoms with E-state index in [0.717, 1.165) is 31.6 Å². The van der Waals surface area contributed by atoms with Crippen molar-refractivity contribution in [2.24, 2.45) is 0 Å². The van der Waals surface area contributed by atoms with E-state index in [1.807, 2.05) is 24.7 Å². The predicted molar refractivity (Wildman–Crippen MR) is 90.0 cm³/mol. The maximum Gasteiger partial charge on any atom is 0.242 e. The Kier molecular flexibility index (Phi) is 4.68. The number of rotatable bonds is 5. The fraction of sp³-hybridized carbons (Fsp3) is 0.438. The van der Waals surface area contributed by atoms with Gasteiger partial charge in [-0.05, 0) is 25.0 Å². The van der Waals surface area contributed by atoms with Crippen molar-refractivity contribution in [3.8, 4) is 0 Å². The summed E-state index contributed by atoms with van der Waals surface area (Å²) in [4.78, 5) is 6.63. The van der Waals surface area contributed by atoms with Crippen LogP contribution < -0.4 is 9.62 Å². The van der Waals surface area contributed by atoms with Crippen molar-refractivity contribution in [1.82, 2.24) is 14.3 Å². The lowest BCUT2D eigenvalue weighted by Crippen LogP contribution is -2.37. The summed E-state index contributed by atoms with van der Waals surface area (Å²) in [6.07, 6.45) is 7.68. The molecule has 124 valence electrons. The maximum atomic E-state index is 12.5. The highest BCUT2D eigenvalue weighted by Gasteiger charge is 2.26. The zero-order valence-electron chi connectivity index (χ0n) is 13.2. The van der Waals surface area contributed by atoms with E-state index in [4.69, 9.17) is 0 Å². The molecule has 0 spiro atoms. The van der Waals surface area contributed by atoms with Gasteiger partial charge in [0.1, 0.15) is 4.90 Å². The zero-order valence-corrected chi connectivity index (χ0v) is 14.0. The number of nitrogens with zero attached hydrogens (tertiary/aromatic N) is 3. The van der Waals surface area contributed by atoms with Crippen molar-refractivity contribution in [2.75, 3.05) is 24.5 Å². The van der Waals surface area contributed by atoms with E-state index >= 15 is 0 Å². The SMILES string of the molecule is CCNS(=O)(=O)c1ccccc1N1CCCC(n2ccnc2)C1. The third-order valence-corrected chi connectivity index (χ3v) is 5.77. The van der Waals surface area contributed by atoms with Crippen LogP contribution in [-0.4, -0.2) is 37.6 Å². The van der Waals surface area contributed by atoms with Gasteiger partial charge in [-0.2, -0.15) is 0 Å². The highest BCUT2D eigenvalue weighted by atomic mass is 32.2. The van der Waals surface area contributed by atoms with Crippen LogP contribution in [0.2, 0.25) is 0 Å². The molecular formula is C16H22N4O2S. The van der Waals surface area contributed by atoms with E-state index in [-0.39, 0.29) is 0 Å². The van der Waals surface area contributed by atoms with Crippen LogP contribution in [0.5, 0.6) is 0 Å². The number of piperidine rings is 1. The molecule has 0 amide bonds. The highest BCUT2D eigenvalue weighted by molar-refractivity contribution is 7.89. The van der Waals surface area contributed by atoms with Crippen molar-refractivity contribution in [2.45, 2.75) is 30.7 Å². The molecule has 1 saturated heterocycles. The summed E-state index contributed by atoms with van der Waals surface area (Å²) in [7, 11) is -3.47. The van der Waals surface area contributed by atoms with Crippen LogP contribution in [0, 0.1) is 0 Å². The summed E-state index contributed by atoms with van der Waals surface area (Å²) in [6.45, 7) is 3.82.